The molecule has 4 aromatic rings. The molecule has 0 saturated heterocycles. The number of anilines is 1. The predicted octanol–water partition coefficient (Wildman–Crippen LogP) is 5.33. The summed E-state index contributed by atoms with van der Waals surface area (Å²) < 4.78 is 1.90. The van der Waals surface area contributed by atoms with Crippen LogP contribution in [-0.2, 0) is 11.3 Å². The van der Waals surface area contributed by atoms with Crippen LogP contribution in [0, 0.1) is 0 Å². The van der Waals surface area contributed by atoms with Gasteiger partial charge in [-0.2, -0.15) is 0 Å². The summed E-state index contributed by atoms with van der Waals surface area (Å²) in [5, 5.41) is 17.5. The second kappa shape index (κ2) is 10.7. The highest BCUT2D eigenvalue weighted by Gasteiger charge is 2.21. The number of nitrogens with one attached hydrogen (secondary N) is 2. The Hall–Kier alpha value is -3.36. The summed E-state index contributed by atoms with van der Waals surface area (Å²) in [6, 6.07) is 20.2. The lowest BCUT2D eigenvalue weighted by atomic mass is 10.1. The molecular formula is C25H24ClN5O2S. The van der Waals surface area contributed by atoms with Gasteiger partial charge in [-0.05, 0) is 37.4 Å². The van der Waals surface area contributed by atoms with Gasteiger partial charge in [0.25, 0.3) is 5.91 Å². The Morgan fingerprint density at radius 2 is 1.76 bits per heavy atom. The zero-order valence-corrected chi connectivity index (χ0v) is 20.4. The van der Waals surface area contributed by atoms with Crippen LogP contribution in [0.2, 0.25) is 5.02 Å². The van der Waals surface area contributed by atoms with E-state index in [4.69, 9.17) is 11.6 Å². The molecule has 0 fully saturated rings. The van der Waals surface area contributed by atoms with E-state index < -0.39 is 6.04 Å². The van der Waals surface area contributed by atoms with Crippen molar-refractivity contribution in [2.24, 2.45) is 0 Å². The van der Waals surface area contributed by atoms with Crippen LogP contribution in [0.25, 0.3) is 10.8 Å². The van der Waals surface area contributed by atoms with Crippen molar-refractivity contribution in [3.8, 4) is 0 Å². The first-order valence-electron chi connectivity index (χ1n) is 10.9. The fourth-order valence-electron chi connectivity index (χ4n) is 3.66. The van der Waals surface area contributed by atoms with Gasteiger partial charge in [0.15, 0.2) is 11.0 Å². The van der Waals surface area contributed by atoms with Crippen molar-refractivity contribution in [3.63, 3.8) is 0 Å². The van der Waals surface area contributed by atoms with Gasteiger partial charge in [0.2, 0.25) is 5.91 Å². The number of hydrogen-bond acceptors (Lipinski definition) is 5. The van der Waals surface area contributed by atoms with E-state index in [9.17, 15) is 9.59 Å². The Morgan fingerprint density at radius 3 is 2.56 bits per heavy atom. The second-order valence-electron chi connectivity index (χ2n) is 7.62. The summed E-state index contributed by atoms with van der Waals surface area (Å²) in [5.74, 6) is 0.378. The van der Waals surface area contributed by atoms with Crippen molar-refractivity contribution in [3.05, 3.63) is 83.1 Å². The van der Waals surface area contributed by atoms with Gasteiger partial charge in [-0.3, -0.25) is 9.59 Å². The third-order valence-corrected chi connectivity index (χ3v) is 6.61. The fourth-order valence-corrected chi connectivity index (χ4v) is 4.69. The van der Waals surface area contributed by atoms with Crippen molar-refractivity contribution < 1.29 is 9.59 Å². The summed E-state index contributed by atoms with van der Waals surface area (Å²) in [6.07, 6.45) is 0. The van der Waals surface area contributed by atoms with Gasteiger partial charge in [0.1, 0.15) is 0 Å². The van der Waals surface area contributed by atoms with Crippen molar-refractivity contribution in [1.29, 1.82) is 0 Å². The lowest BCUT2D eigenvalue weighted by molar-refractivity contribution is -0.113. The van der Waals surface area contributed by atoms with Crippen LogP contribution >= 0.6 is 23.4 Å². The lowest BCUT2D eigenvalue weighted by Gasteiger charge is -2.15. The SMILES string of the molecule is CCn1c(SCC(=O)Nc2cccc3ccccc23)nnc1[C@H](C)NC(=O)c1ccccc1Cl. The van der Waals surface area contributed by atoms with Gasteiger partial charge in [-0.15, -0.1) is 10.2 Å². The first-order chi connectivity index (χ1) is 16.5. The maximum atomic E-state index is 12.6. The summed E-state index contributed by atoms with van der Waals surface area (Å²) in [6.45, 7) is 4.41. The molecule has 2 amide bonds. The average Bonchev–Trinajstić information content (AvgIpc) is 3.26. The first kappa shape index (κ1) is 23.8. The molecule has 0 saturated carbocycles. The Kier molecular flexibility index (Phi) is 7.49. The summed E-state index contributed by atoms with van der Waals surface area (Å²) in [4.78, 5) is 25.3. The molecule has 0 bridgehead atoms. The normalized spacial score (nSPS) is 11.9. The molecule has 0 aliphatic heterocycles. The maximum absolute atomic E-state index is 12.6. The molecule has 3 aromatic carbocycles. The topological polar surface area (TPSA) is 88.9 Å². The number of benzene rings is 3. The Morgan fingerprint density at radius 1 is 1.03 bits per heavy atom. The molecule has 174 valence electrons. The van der Waals surface area contributed by atoms with Crippen LogP contribution < -0.4 is 10.6 Å². The second-order valence-corrected chi connectivity index (χ2v) is 8.97. The van der Waals surface area contributed by atoms with Crippen molar-refractivity contribution in [2.45, 2.75) is 31.6 Å². The molecule has 0 unspecified atom stereocenters. The molecule has 0 aliphatic rings. The van der Waals surface area contributed by atoms with Crippen LogP contribution in [0.4, 0.5) is 5.69 Å². The van der Waals surface area contributed by atoms with E-state index in [1.165, 1.54) is 11.8 Å². The highest BCUT2D eigenvalue weighted by Crippen LogP contribution is 2.25. The van der Waals surface area contributed by atoms with Gasteiger partial charge >= 0.3 is 0 Å². The number of nitrogens with zero attached hydrogens (tertiary/aromatic N) is 3. The number of fused-ring (bicyclic) bond motifs is 1. The molecule has 1 atom stereocenters. The first-order valence-corrected chi connectivity index (χ1v) is 12.2. The lowest BCUT2D eigenvalue weighted by Crippen LogP contribution is -2.29. The number of hydrogen-bond donors (Lipinski definition) is 2. The Bertz CT molecular complexity index is 1330. The molecule has 4 rings (SSSR count). The minimum absolute atomic E-state index is 0.131. The molecule has 2 N–H and O–H groups in total. The summed E-state index contributed by atoms with van der Waals surface area (Å²) in [7, 11) is 0. The zero-order valence-electron chi connectivity index (χ0n) is 18.8. The van der Waals surface area contributed by atoms with Gasteiger partial charge in [-0.1, -0.05) is 71.9 Å². The number of thioether (sulfide) groups is 1. The van der Waals surface area contributed by atoms with Gasteiger partial charge in [0, 0.05) is 17.6 Å². The zero-order chi connectivity index (χ0) is 24.1. The van der Waals surface area contributed by atoms with Gasteiger partial charge < -0.3 is 15.2 Å². The summed E-state index contributed by atoms with van der Waals surface area (Å²) >= 11 is 7.44. The quantitative estimate of drug-likeness (QED) is 0.324. The van der Waals surface area contributed by atoms with E-state index in [0.29, 0.717) is 28.1 Å². The van der Waals surface area contributed by atoms with Crippen LogP contribution in [0.15, 0.2) is 71.9 Å². The number of aromatic nitrogens is 3. The van der Waals surface area contributed by atoms with E-state index in [-0.39, 0.29) is 17.6 Å². The van der Waals surface area contributed by atoms with E-state index in [1.807, 2.05) is 60.9 Å². The molecule has 0 radical (unpaired) electrons. The third-order valence-electron chi connectivity index (χ3n) is 5.31. The smallest absolute Gasteiger partial charge is 0.253 e. The van der Waals surface area contributed by atoms with Crippen molar-refractivity contribution in [1.82, 2.24) is 20.1 Å². The monoisotopic (exact) mass is 493 g/mol. The highest BCUT2D eigenvalue weighted by molar-refractivity contribution is 7.99. The van der Waals surface area contributed by atoms with Gasteiger partial charge in [-0.25, -0.2) is 0 Å². The van der Waals surface area contributed by atoms with Crippen LogP contribution in [0.1, 0.15) is 36.1 Å². The van der Waals surface area contributed by atoms with E-state index >= 15 is 0 Å². The molecular weight excluding hydrogens is 470 g/mol. The van der Waals surface area contributed by atoms with E-state index in [0.717, 1.165) is 16.5 Å². The van der Waals surface area contributed by atoms with Crippen molar-refractivity contribution in [2.75, 3.05) is 11.1 Å². The average molecular weight is 494 g/mol. The molecule has 0 spiro atoms. The van der Waals surface area contributed by atoms with Crippen LogP contribution in [0.5, 0.6) is 0 Å². The standard InChI is InChI=1S/C25H24ClN5O2S/c1-3-31-23(16(2)27-24(33)19-12-6-7-13-20(19)26)29-30-25(31)34-15-22(32)28-21-14-8-10-17-9-4-5-11-18(17)21/h4-14,16H,3,15H2,1-2H3,(H,27,33)(H,28,32)/t16-/m0/s1. The minimum Gasteiger partial charge on any atom is -0.342 e. The number of carbonyl (C=O) groups excluding carboxylic acids is 2. The van der Waals surface area contributed by atoms with E-state index in [1.54, 1.807) is 24.3 Å². The molecule has 34 heavy (non-hydrogen) atoms. The predicted molar refractivity (Wildman–Crippen MR) is 136 cm³/mol. The molecule has 0 aliphatic carbocycles. The number of halogens is 1. The molecule has 7 nitrogen and oxygen atoms in total. The number of amides is 2. The number of rotatable bonds is 8. The van der Waals surface area contributed by atoms with Crippen LogP contribution in [0.3, 0.4) is 0 Å². The molecule has 1 aromatic heterocycles. The molecule has 1 heterocycles. The minimum atomic E-state index is -0.393. The van der Waals surface area contributed by atoms with Gasteiger partial charge in [0.05, 0.1) is 22.4 Å². The molecule has 9 heteroatoms. The van der Waals surface area contributed by atoms with E-state index in [2.05, 4.69) is 20.8 Å². The largest absolute Gasteiger partial charge is 0.342 e. The third kappa shape index (κ3) is 5.24. The Labute approximate surface area is 206 Å². The summed E-state index contributed by atoms with van der Waals surface area (Å²) in [5.41, 5.74) is 1.18. The van der Waals surface area contributed by atoms with Crippen molar-refractivity contribution >= 4 is 51.6 Å². The van der Waals surface area contributed by atoms with Crippen LogP contribution in [-0.4, -0.2) is 32.3 Å². The number of carbonyl (C=O) groups is 2. The fraction of sp³-hybridized carbons (Fsp3) is 0.200. The highest BCUT2D eigenvalue weighted by atomic mass is 35.5. The maximum Gasteiger partial charge on any atom is 0.253 e. The Balaban J connectivity index is 1.41.